The SMILES string of the molecule is CC(=O)c1cccc(N(CC(=O)N(Cc2cccc(C)c2)[C@H](Cc2ccccc2)C(=O)NCC(C)C)S(C)(=O)=O)c1. The van der Waals surface area contributed by atoms with Crippen LogP contribution in [0.3, 0.4) is 0 Å². The lowest BCUT2D eigenvalue weighted by atomic mass is 10.0. The fourth-order valence-electron chi connectivity index (χ4n) is 4.48. The van der Waals surface area contributed by atoms with E-state index >= 15 is 0 Å². The summed E-state index contributed by atoms with van der Waals surface area (Å²) >= 11 is 0. The number of carbonyl (C=O) groups excluding carboxylic acids is 3. The fraction of sp³-hybridized carbons (Fsp3) is 0.344. The summed E-state index contributed by atoms with van der Waals surface area (Å²) in [5, 5.41) is 2.97. The van der Waals surface area contributed by atoms with Crippen LogP contribution in [0.1, 0.15) is 47.8 Å². The smallest absolute Gasteiger partial charge is 0.244 e. The topological polar surface area (TPSA) is 104 Å². The third kappa shape index (κ3) is 9.28. The maximum absolute atomic E-state index is 14.1. The fourth-order valence-corrected chi connectivity index (χ4v) is 5.32. The number of Topliss-reactive ketones (excluding diaryl/α,β-unsaturated/α-hetero) is 1. The minimum Gasteiger partial charge on any atom is -0.354 e. The predicted octanol–water partition coefficient (Wildman–Crippen LogP) is 4.38. The first-order valence-corrected chi connectivity index (χ1v) is 15.5. The summed E-state index contributed by atoms with van der Waals surface area (Å²) < 4.78 is 26.9. The molecule has 0 heterocycles. The monoisotopic (exact) mass is 577 g/mol. The van der Waals surface area contributed by atoms with Gasteiger partial charge in [0.05, 0.1) is 11.9 Å². The van der Waals surface area contributed by atoms with Gasteiger partial charge < -0.3 is 10.2 Å². The molecule has 0 saturated heterocycles. The first kappa shape index (κ1) is 31.5. The number of anilines is 1. The Kier molecular flexibility index (Phi) is 10.8. The van der Waals surface area contributed by atoms with Crippen LogP contribution < -0.4 is 9.62 Å². The van der Waals surface area contributed by atoms with Crippen molar-refractivity contribution in [3.05, 3.63) is 101 Å². The minimum atomic E-state index is -3.92. The largest absolute Gasteiger partial charge is 0.354 e. The van der Waals surface area contributed by atoms with Crippen LogP contribution in [0.2, 0.25) is 0 Å². The maximum Gasteiger partial charge on any atom is 0.244 e. The molecule has 0 bridgehead atoms. The van der Waals surface area contributed by atoms with Crippen molar-refractivity contribution in [2.24, 2.45) is 5.92 Å². The van der Waals surface area contributed by atoms with E-state index in [4.69, 9.17) is 0 Å². The van der Waals surface area contributed by atoms with Crippen molar-refractivity contribution < 1.29 is 22.8 Å². The number of hydrogen-bond donors (Lipinski definition) is 1. The molecule has 3 rings (SSSR count). The normalized spacial score (nSPS) is 12.0. The summed E-state index contributed by atoms with van der Waals surface area (Å²) in [7, 11) is -3.92. The Balaban J connectivity index is 2.07. The lowest BCUT2D eigenvalue weighted by molar-refractivity contribution is -0.140. The van der Waals surface area contributed by atoms with Gasteiger partial charge in [0.25, 0.3) is 0 Å². The van der Waals surface area contributed by atoms with Crippen LogP contribution in [0.25, 0.3) is 0 Å². The summed E-state index contributed by atoms with van der Waals surface area (Å²) in [6.45, 7) is 7.32. The Morgan fingerprint density at radius 2 is 1.54 bits per heavy atom. The number of nitrogens with zero attached hydrogens (tertiary/aromatic N) is 2. The van der Waals surface area contributed by atoms with Gasteiger partial charge in [-0.2, -0.15) is 0 Å². The van der Waals surface area contributed by atoms with Crippen LogP contribution in [-0.2, 0) is 32.6 Å². The molecule has 0 aliphatic heterocycles. The maximum atomic E-state index is 14.1. The molecule has 8 nitrogen and oxygen atoms in total. The van der Waals surface area contributed by atoms with Crippen LogP contribution in [0.4, 0.5) is 5.69 Å². The quantitative estimate of drug-likeness (QED) is 0.304. The first-order chi connectivity index (χ1) is 19.3. The minimum absolute atomic E-state index is 0.109. The molecule has 0 fully saturated rings. The van der Waals surface area contributed by atoms with Crippen LogP contribution in [0.15, 0.2) is 78.9 Å². The molecular weight excluding hydrogens is 538 g/mol. The third-order valence-corrected chi connectivity index (χ3v) is 7.75. The highest BCUT2D eigenvalue weighted by atomic mass is 32.2. The van der Waals surface area contributed by atoms with E-state index in [1.165, 1.54) is 17.9 Å². The van der Waals surface area contributed by atoms with Gasteiger partial charge in [-0.15, -0.1) is 0 Å². The van der Waals surface area contributed by atoms with E-state index in [1.54, 1.807) is 18.2 Å². The molecule has 0 radical (unpaired) electrons. The molecule has 0 unspecified atom stereocenters. The van der Waals surface area contributed by atoms with E-state index in [-0.39, 0.29) is 36.3 Å². The number of carbonyl (C=O) groups is 3. The van der Waals surface area contributed by atoms with Gasteiger partial charge >= 0.3 is 0 Å². The zero-order valence-corrected chi connectivity index (χ0v) is 25.1. The molecule has 1 atom stereocenters. The van der Waals surface area contributed by atoms with Gasteiger partial charge in [-0.3, -0.25) is 18.7 Å². The molecule has 0 aliphatic carbocycles. The molecule has 3 aromatic carbocycles. The second-order valence-electron chi connectivity index (χ2n) is 10.7. The third-order valence-electron chi connectivity index (χ3n) is 6.61. The molecule has 9 heteroatoms. The van der Waals surface area contributed by atoms with Crippen molar-refractivity contribution in [3.8, 4) is 0 Å². The second kappa shape index (κ2) is 14.1. The van der Waals surface area contributed by atoms with E-state index in [1.807, 2.05) is 75.4 Å². The predicted molar refractivity (Wildman–Crippen MR) is 162 cm³/mol. The number of rotatable bonds is 13. The molecule has 218 valence electrons. The highest BCUT2D eigenvalue weighted by Gasteiger charge is 2.33. The van der Waals surface area contributed by atoms with Crippen molar-refractivity contribution in [1.29, 1.82) is 0 Å². The van der Waals surface area contributed by atoms with Gasteiger partial charge in [0.15, 0.2) is 5.78 Å². The molecule has 41 heavy (non-hydrogen) atoms. The molecule has 0 aromatic heterocycles. The molecule has 1 N–H and O–H groups in total. The molecule has 2 amide bonds. The number of sulfonamides is 1. The highest BCUT2D eigenvalue weighted by molar-refractivity contribution is 7.92. The lowest BCUT2D eigenvalue weighted by Gasteiger charge is -2.33. The summed E-state index contributed by atoms with van der Waals surface area (Å²) in [6, 6.07) is 22.3. The van der Waals surface area contributed by atoms with Gasteiger partial charge in [0, 0.05) is 25.1 Å². The van der Waals surface area contributed by atoms with Gasteiger partial charge in [0.1, 0.15) is 12.6 Å². The average Bonchev–Trinajstić information content (AvgIpc) is 2.92. The zero-order valence-electron chi connectivity index (χ0n) is 24.3. The lowest BCUT2D eigenvalue weighted by Crippen LogP contribution is -2.53. The number of amides is 2. The van der Waals surface area contributed by atoms with Crippen LogP contribution in [0, 0.1) is 12.8 Å². The summed E-state index contributed by atoms with van der Waals surface area (Å²) in [5.41, 5.74) is 3.21. The van der Waals surface area contributed by atoms with E-state index in [2.05, 4.69) is 5.32 Å². The van der Waals surface area contributed by atoms with Gasteiger partial charge in [0.2, 0.25) is 21.8 Å². The standard InChI is InChI=1S/C32H39N3O5S/c1-23(2)20-33-32(38)30(18-26-12-7-6-8-13-26)34(21-27-14-9-11-24(3)17-27)31(37)22-35(41(5,39)40)29-16-10-15-28(19-29)25(4)36/h6-17,19,23,30H,18,20-22H2,1-5H3,(H,33,38)/t30-/m1/s1. The Labute approximate surface area is 243 Å². The zero-order chi connectivity index (χ0) is 30.2. The number of ketones is 1. The average molecular weight is 578 g/mol. The van der Waals surface area contributed by atoms with Crippen molar-refractivity contribution in [1.82, 2.24) is 10.2 Å². The Morgan fingerprint density at radius 1 is 0.878 bits per heavy atom. The first-order valence-electron chi connectivity index (χ1n) is 13.6. The van der Waals surface area contributed by atoms with Crippen molar-refractivity contribution in [2.75, 3.05) is 23.7 Å². The highest BCUT2D eigenvalue weighted by Crippen LogP contribution is 2.22. The van der Waals surface area contributed by atoms with Gasteiger partial charge in [-0.05, 0) is 43.0 Å². The molecular formula is C32H39N3O5S. The van der Waals surface area contributed by atoms with Crippen molar-refractivity contribution in [3.63, 3.8) is 0 Å². The Morgan fingerprint density at radius 3 is 2.15 bits per heavy atom. The summed E-state index contributed by atoms with van der Waals surface area (Å²) in [6.07, 6.45) is 1.27. The number of nitrogens with one attached hydrogen (secondary N) is 1. The van der Waals surface area contributed by atoms with Crippen LogP contribution in [-0.4, -0.2) is 56.3 Å². The van der Waals surface area contributed by atoms with E-state index < -0.39 is 28.5 Å². The number of benzene rings is 3. The molecule has 0 saturated carbocycles. The number of aryl methyl sites for hydroxylation is 1. The van der Waals surface area contributed by atoms with Crippen LogP contribution in [0.5, 0.6) is 0 Å². The van der Waals surface area contributed by atoms with E-state index in [0.29, 0.717) is 12.1 Å². The van der Waals surface area contributed by atoms with E-state index in [9.17, 15) is 22.8 Å². The Hall–Kier alpha value is -3.98. The number of hydrogen-bond acceptors (Lipinski definition) is 5. The second-order valence-corrected chi connectivity index (χ2v) is 12.6. The molecule has 3 aromatic rings. The van der Waals surface area contributed by atoms with Crippen molar-refractivity contribution in [2.45, 2.75) is 46.7 Å². The van der Waals surface area contributed by atoms with Crippen LogP contribution >= 0.6 is 0 Å². The molecule has 0 spiro atoms. The summed E-state index contributed by atoms with van der Waals surface area (Å²) in [5.74, 6) is -0.872. The van der Waals surface area contributed by atoms with E-state index in [0.717, 1.165) is 27.3 Å². The molecule has 0 aliphatic rings. The van der Waals surface area contributed by atoms with Gasteiger partial charge in [-0.25, -0.2) is 8.42 Å². The Bertz CT molecular complexity index is 1470. The van der Waals surface area contributed by atoms with Gasteiger partial charge in [-0.1, -0.05) is 86.1 Å². The van der Waals surface area contributed by atoms with Crippen molar-refractivity contribution >= 4 is 33.3 Å². The summed E-state index contributed by atoms with van der Waals surface area (Å²) in [4.78, 5) is 41.2.